The first-order valence-corrected chi connectivity index (χ1v) is 7.79. The highest BCUT2D eigenvalue weighted by molar-refractivity contribution is 4.98. The lowest BCUT2D eigenvalue weighted by Gasteiger charge is -2.51. The lowest BCUT2D eigenvalue weighted by molar-refractivity contribution is -0.125. The van der Waals surface area contributed by atoms with Crippen LogP contribution in [-0.4, -0.2) is 55.5 Å². The number of morpholine rings is 1. The van der Waals surface area contributed by atoms with Gasteiger partial charge in [0.1, 0.15) is 0 Å². The first-order chi connectivity index (χ1) is 9.11. The van der Waals surface area contributed by atoms with E-state index in [9.17, 15) is 0 Å². The van der Waals surface area contributed by atoms with Gasteiger partial charge in [-0.3, -0.25) is 4.90 Å². The molecule has 2 heterocycles. The lowest BCUT2D eigenvalue weighted by Crippen LogP contribution is -2.62. The molecule has 0 bridgehead atoms. The molecule has 2 aliphatic heterocycles. The fourth-order valence-corrected chi connectivity index (χ4v) is 3.36. The van der Waals surface area contributed by atoms with Crippen LogP contribution in [-0.2, 0) is 9.47 Å². The summed E-state index contributed by atoms with van der Waals surface area (Å²) < 4.78 is 11.7. The van der Waals surface area contributed by atoms with Gasteiger partial charge in [0, 0.05) is 31.8 Å². The van der Waals surface area contributed by atoms with Gasteiger partial charge in [-0.15, -0.1) is 0 Å². The highest BCUT2D eigenvalue weighted by Gasteiger charge is 2.43. The molecule has 2 fully saturated rings. The van der Waals surface area contributed by atoms with Crippen LogP contribution in [0.15, 0.2) is 0 Å². The number of ether oxygens (including phenoxy) is 2. The van der Waals surface area contributed by atoms with Crippen LogP contribution in [0.2, 0.25) is 0 Å². The summed E-state index contributed by atoms with van der Waals surface area (Å²) >= 11 is 0. The maximum atomic E-state index is 6.18. The van der Waals surface area contributed by atoms with Crippen molar-refractivity contribution < 1.29 is 9.47 Å². The standard InChI is InChI=1S/C15H30N2O2/c1-4-13-10-17(6-8-18-13)15(11-16)5-7-19-14(9-15)12(2)3/h12-14H,4-11,16H2,1-3H3. The van der Waals surface area contributed by atoms with Crippen molar-refractivity contribution in [1.29, 1.82) is 0 Å². The van der Waals surface area contributed by atoms with Gasteiger partial charge in [-0.25, -0.2) is 0 Å². The molecule has 0 saturated carbocycles. The van der Waals surface area contributed by atoms with E-state index < -0.39 is 0 Å². The minimum absolute atomic E-state index is 0.129. The highest BCUT2D eigenvalue weighted by Crippen LogP contribution is 2.34. The molecule has 0 spiro atoms. The molecule has 3 atom stereocenters. The lowest BCUT2D eigenvalue weighted by atomic mass is 9.81. The minimum atomic E-state index is 0.129. The Labute approximate surface area is 117 Å². The van der Waals surface area contributed by atoms with Crippen molar-refractivity contribution in [3.63, 3.8) is 0 Å². The summed E-state index contributed by atoms with van der Waals surface area (Å²) in [6, 6.07) is 0. The summed E-state index contributed by atoms with van der Waals surface area (Å²) in [6.45, 7) is 11.1. The second-order valence-corrected chi connectivity index (χ2v) is 6.38. The summed E-state index contributed by atoms with van der Waals surface area (Å²) in [7, 11) is 0. The Hall–Kier alpha value is -0.160. The molecule has 0 aromatic rings. The van der Waals surface area contributed by atoms with Crippen LogP contribution in [0.3, 0.4) is 0 Å². The number of rotatable bonds is 4. The van der Waals surface area contributed by atoms with E-state index in [1.165, 1.54) is 0 Å². The molecule has 0 aliphatic carbocycles. The molecule has 4 nitrogen and oxygen atoms in total. The SMILES string of the molecule is CCC1CN(C2(CN)CCOC(C(C)C)C2)CCO1. The van der Waals surface area contributed by atoms with Crippen molar-refractivity contribution in [3.05, 3.63) is 0 Å². The molecule has 2 aliphatic rings. The van der Waals surface area contributed by atoms with E-state index in [4.69, 9.17) is 15.2 Å². The van der Waals surface area contributed by atoms with Crippen molar-refractivity contribution in [2.24, 2.45) is 11.7 Å². The van der Waals surface area contributed by atoms with Gasteiger partial charge >= 0.3 is 0 Å². The second-order valence-electron chi connectivity index (χ2n) is 6.38. The van der Waals surface area contributed by atoms with E-state index in [1.807, 2.05) is 0 Å². The molecular formula is C15H30N2O2. The molecule has 112 valence electrons. The average Bonchev–Trinajstić information content (AvgIpc) is 2.47. The summed E-state index contributed by atoms with van der Waals surface area (Å²) in [5.41, 5.74) is 6.31. The van der Waals surface area contributed by atoms with E-state index in [2.05, 4.69) is 25.7 Å². The van der Waals surface area contributed by atoms with Crippen LogP contribution in [0.5, 0.6) is 0 Å². The number of hydrogen-bond donors (Lipinski definition) is 1. The molecule has 0 amide bonds. The van der Waals surface area contributed by atoms with Crippen molar-refractivity contribution in [2.75, 3.05) is 32.8 Å². The zero-order chi connectivity index (χ0) is 13.9. The molecule has 19 heavy (non-hydrogen) atoms. The first kappa shape index (κ1) is 15.2. The van der Waals surface area contributed by atoms with Crippen LogP contribution in [0.25, 0.3) is 0 Å². The Morgan fingerprint density at radius 2 is 2.11 bits per heavy atom. The van der Waals surface area contributed by atoms with Gasteiger partial charge in [-0.1, -0.05) is 20.8 Å². The monoisotopic (exact) mass is 270 g/mol. The third-order valence-electron chi connectivity index (χ3n) is 4.87. The van der Waals surface area contributed by atoms with Crippen LogP contribution in [0.4, 0.5) is 0 Å². The fraction of sp³-hybridized carbons (Fsp3) is 1.00. The maximum Gasteiger partial charge on any atom is 0.0700 e. The van der Waals surface area contributed by atoms with Gasteiger partial charge in [0.25, 0.3) is 0 Å². The van der Waals surface area contributed by atoms with Crippen molar-refractivity contribution in [1.82, 2.24) is 4.90 Å². The largest absolute Gasteiger partial charge is 0.378 e. The smallest absolute Gasteiger partial charge is 0.0700 e. The van der Waals surface area contributed by atoms with Crippen LogP contribution in [0, 0.1) is 5.92 Å². The maximum absolute atomic E-state index is 6.18. The molecule has 0 radical (unpaired) electrons. The van der Waals surface area contributed by atoms with Crippen LogP contribution in [0.1, 0.15) is 40.0 Å². The summed E-state index contributed by atoms with van der Waals surface area (Å²) in [4.78, 5) is 2.59. The second kappa shape index (κ2) is 6.53. The Morgan fingerprint density at radius 3 is 2.74 bits per heavy atom. The molecule has 0 aromatic heterocycles. The summed E-state index contributed by atoms with van der Waals surface area (Å²) in [6.07, 6.45) is 3.93. The van der Waals surface area contributed by atoms with Crippen LogP contribution < -0.4 is 5.73 Å². The zero-order valence-electron chi connectivity index (χ0n) is 12.7. The molecule has 0 aromatic carbocycles. The van der Waals surface area contributed by atoms with Gasteiger partial charge in [-0.05, 0) is 25.2 Å². The average molecular weight is 270 g/mol. The van der Waals surface area contributed by atoms with Gasteiger partial charge in [0.05, 0.1) is 18.8 Å². The third kappa shape index (κ3) is 3.30. The molecule has 2 N–H and O–H groups in total. The molecule has 3 unspecified atom stereocenters. The van der Waals surface area contributed by atoms with Gasteiger partial charge in [0.15, 0.2) is 0 Å². The zero-order valence-corrected chi connectivity index (χ0v) is 12.7. The van der Waals surface area contributed by atoms with E-state index >= 15 is 0 Å². The molecular weight excluding hydrogens is 240 g/mol. The molecule has 2 saturated heterocycles. The number of nitrogens with two attached hydrogens (primary N) is 1. The Balaban J connectivity index is 2.08. The summed E-state index contributed by atoms with van der Waals surface area (Å²) in [5.74, 6) is 0.564. The minimum Gasteiger partial charge on any atom is -0.378 e. The van der Waals surface area contributed by atoms with Crippen LogP contribution >= 0.6 is 0 Å². The fourth-order valence-electron chi connectivity index (χ4n) is 3.36. The van der Waals surface area contributed by atoms with E-state index in [0.717, 1.165) is 52.1 Å². The Kier molecular flexibility index (Phi) is 5.23. The number of nitrogens with zero attached hydrogens (tertiary/aromatic N) is 1. The topological polar surface area (TPSA) is 47.7 Å². The van der Waals surface area contributed by atoms with E-state index in [0.29, 0.717) is 18.1 Å². The highest BCUT2D eigenvalue weighted by atomic mass is 16.5. The predicted molar refractivity (Wildman–Crippen MR) is 77.2 cm³/mol. The van der Waals surface area contributed by atoms with Gasteiger partial charge in [0.2, 0.25) is 0 Å². The number of hydrogen-bond acceptors (Lipinski definition) is 4. The van der Waals surface area contributed by atoms with Gasteiger partial charge in [-0.2, -0.15) is 0 Å². The van der Waals surface area contributed by atoms with Crippen molar-refractivity contribution >= 4 is 0 Å². The normalized spacial score (nSPS) is 37.7. The Bertz CT molecular complexity index is 285. The van der Waals surface area contributed by atoms with Crippen molar-refractivity contribution in [3.8, 4) is 0 Å². The first-order valence-electron chi connectivity index (χ1n) is 7.79. The molecule has 4 heteroatoms. The van der Waals surface area contributed by atoms with Crippen molar-refractivity contribution in [2.45, 2.75) is 57.8 Å². The van der Waals surface area contributed by atoms with E-state index in [1.54, 1.807) is 0 Å². The Morgan fingerprint density at radius 1 is 1.32 bits per heavy atom. The van der Waals surface area contributed by atoms with Gasteiger partial charge < -0.3 is 15.2 Å². The molecule has 2 rings (SSSR count). The third-order valence-corrected chi connectivity index (χ3v) is 4.87. The van der Waals surface area contributed by atoms with E-state index in [-0.39, 0.29) is 5.54 Å². The summed E-state index contributed by atoms with van der Waals surface area (Å²) in [5, 5.41) is 0. The quantitative estimate of drug-likeness (QED) is 0.843. The predicted octanol–water partition coefficient (Wildman–Crippen LogP) is 1.63.